The first kappa shape index (κ1) is 17.5. The van der Waals surface area contributed by atoms with E-state index in [1.807, 2.05) is 31.3 Å². The summed E-state index contributed by atoms with van der Waals surface area (Å²) in [5.74, 6) is 1.13. The van der Waals surface area contributed by atoms with Gasteiger partial charge in [0.15, 0.2) is 6.10 Å². The zero-order valence-corrected chi connectivity index (χ0v) is 13.8. The van der Waals surface area contributed by atoms with Gasteiger partial charge in [0, 0.05) is 18.2 Å². The van der Waals surface area contributed by atoms with Crippen LogP contribution in [0.25, 0.3) is 0 Å². The van der Waals surface area contributed by atoms with Gasteiger partial charge in [-0.05, 0) is 32.4 Å². The Labute approximate surface area is 128 Å². The first-order valence-electron chi connectivity index (χ1n) is 7.70. The number of benzene rings is 1. The summed E-state index contributed by atoms with van der Waals surface area (Å²) in [4.78, 5) is 12.0. The maximum atomic E-state index is 12.0. The third-order valence-corrected chi connectivity index (χ3v) is 3.41. The summed E-state index contributed by atoms with van der Waals surface area (Å²) in [5, 5.41) is 6.17. The van der Waals surface area contributed by atoms with Gasteiger partial charge in [-0.1, -0.05) is 39.0 Å². The van der Waals surface area contributed by atoms with E-state index in [0.717, 1.165) is 17.7 Å². The molecule has 21 heavy (non-hydrogen) atoms. The van der Waals surface area contributed by atoms with E-state index in [0.29, 0.717) is 12.5 Å². The van der Waals surface area contributed by atoms with Gasteiger partial charge < -0.3 is 15.4 Å². The molecule has 4 nitrogen and oxygen atoms in total. The maximum absolute atomic E-state index is 12.0. The molecule has 0 aliphatic rings. The molecule has 1 amide bonds. The van der Waals surface area contributed by atoms with E-state index in [9.17, 15) is 4.79 Å². The minimum atomic E-state index is -0.501. The van der Waals surface area contributed by atoms with Crippen molar-refractivity contribution in [1.82, 2.24) is 10.6 Å². The molecule has 0 spiro atoms. The van der Waals surface area contributed by atoms with Gasteiger partial charge in [-0.15, -0.1) is 0 Å². The Hall–Kier alpha value is -1.55. The van der Waals surface area contributed by atoms with Gasteiger partial charge in [0.05, 0.1) is 0 Å². The second kappa shape index (κ2) is 8.67. The van der Waals surface area contributed by atoms with Crippen molar-refractivity contribution in [2.45, 2.75) is 46.3 Å². The molecular formula is C17H28N2O2. The Bertz CT molecular complexity index is 442. The zero-order chi connectivity index (χ0) is 15.8. The summed E-state index contributed by atoms with van der Waals surface area (Å²) in [5.41, 5.74) is 1.09. The molecule has 1 rings (SSSR count). The molecule has 0 bridgehead atoms. The number of amides is 1. The van der Waals surface area contributed by atoms with Gasteiger partial charge in [-0.3, -0.25) is 4.79 Å². The van der Waals surface area contributed by atoms with Gasteiger partial charge in [0.25, 0.3) is 5.91 Å². The van der Waals surface area contributed by atoms with Crippen LogP contribution in [0.3, 0.4) is 0 Å². The Kier molecular flexibility index (Phi) is 7.23. The monoisotopic (exact) mass is 292 g/mol. The van der Waals surface area contributed by atoms with Crippen LogP contribution in [0.4, 0.5) is 0 Å². The quantitative estimate of drug-likeness (QED) is 0.774. The standard InChI is InChI=1S/C17H28N2O2/c1-6-15(18-5)14-9-7-8-10-16(14)21-13(4)17(20)19-11-12(2)3/h7-10,12-13,15,18H,6,11H2,1-5H3,(H,19,20). The zero-order valence-electron chi connectivity index (χ0n) is 13.8. The SMILES string of the molecule is CCC(NC)c1ccccc1OC(C)C(=O)NCC(C)C. The fraction of sp³-hybridized carbons (Fsp3) is 0.588. The number of hydrogen-bond acceptors (Lipinski definition) is 3. The minimum absolute atomic E-state index is 0.0731. The van der Waals surface area contributed by atoms with Crippen molar-refractivity contribution in [2.75, 3.05) is 13.6 Å². The van der Waals surface area contributed by atoms with E-state index in [2.05, 4.69) is 31.4 Å². The molecular weight excluding hydrogens is 264 g/mol. The van der Waals surface area contributed by atoms with Crippen LogP contribution in [0.5, 0.6) is 5.75 Å². The number of para-hydroxylation sites is 1. The van der Waals surface area contributed by atoms with Crippen molar-refractivity contribution in [3.63, 3.8) is 0 Å². The molecule has 2 atom stereocenters. The Balaban J connectivity index is 2.76. The predicted octanol–water partition coefficient (Wildman–Crippen LogP) is 2.90. The second-order valence-electron chi connectivity index (χ2n) is 5.69. The van der Waals surface area contributed by atoms with Crippen LogP contribution in [0.1, 0.15) is 45.7 Å². The van der Waals surface area contributed by atoms with E-state index >= 15 is 0 Å². The number of rotatable bonds is 8. The lowest BCUT2D eigenvalue weighted by Gasteiger charge is -2.21. The van der Waals surface area contributed by atoms with E-state index in [4.69, 9.17) is 4.74 Å². The number of nitrogens with one attached hydrogen (secondary N) is 2. The van der Waals surface area contributed by atoms with Crippen LogP contribution in [-0.2, 0) is 4.79 Å². The van der Waals surface area contributed by atoms with E-state index < -0.39 is 6.10 Å². The minimum Gasteiger partial charge on any atom is -0.481 e. The van der Waals surface area contributed by atoms with Crippen molar-refractivity contribution in [3.05, 3.63) is 29.8 Å². The number of ether oxygens (including phenoxy) is 1. The average Bonchev–Trinajstić information content (AvgIpc) is 2.47. The topological polar surface area (TPSA) is 50.4 Å². The molecule has 4 heteroatoms. The first-order chi connectivity index (χ1) is 9.99. The summed E-state index contributed by atoms with van der Waals surface area (Å²) >= 11 is 0. The summed E-state index contributed by atoms with van der Waals surface area (Å²) in [6, 6.07) is 8.11. The highest BCUT2D eigenvalue weighted by Gasteiger charge is 2.18. The van der Waals surface area contributed by atoms with Crippen LogP contribution in [0, 0.1) is 5.92 Å². The first-order valence-corrected chi connectivity index (χ1v) is 7.70. The van der Waals surface area contributed by atoms with Gasteiger partial charge in [-0.25, -0.2) is 0 Å². The second-order valence-corrected chi connectivity index (χ2v) is 5.69. The number of hydrogen-bond donors (Lipinski definition) is 2. The molecule has 1 aromatic carbocycles. The average molecular weight is 292 g/mol. The van der Waals surface area contributed by atoms with Crippen molar-refractivity contribution < 1.29 is 9.53 Å². The summed E-state index contributed by atoms with van der Waals surface area (Å²) in [6.07, 6.45) is 0.462. The van der Waals surface area contributed by atoms with Gasteiger partial charge in [0.1, 0.15) is 5.75 Å². The normalized spacial score (nSPS) is 13.8. The van der Waals surface area contributed by atoms with Crippen LogP contribution in [0.15, 0.2) is 24.3 Å². The van der Waals surface area contributed by atoms with Crippen molar-refractivity contribution in [3.8, 4) is 5.75 Å². The molecule has 0 saturated heterocycles. The van der Waals surface area contributed by atoms with Crippen LogP contribution < -0.4 is 15.4 Å². The van der Waals surface area contributed by atoms with Crippen molar-refractivity contribution >= 4 is 5.91 Å². The van der Waals surface area contributed by atoms with Crippen molar-refractivity contribution in [2.24, 2.45) is 5.92 Å². The lowest BCUT2D eigenvalue weighted by molar-refractivity contribution is -0.127. The molecule has 0 radical (unpaired) electrons. The third kappa shape index (κ3) is 5.38. The number of carbonyl (C=O) groups is 1. The molecule has 0 heterocycles. The van der Waals surface area contributed by atoms with Gasteiger partial charge in [0.2, 0.25) is 0 Å². The lowest BCUT2D eigenvalue weighted by atomic mass is 10.0. The third-order valence-electron chi connectivity index (χ3n) is 3.41. The highest BCUT2D eigenvalue weighted by atomic mass is 16.5. The molecule has 1 aromatic rings. The van der Waals surface area contributed by atoms with Gasteiger partial charge >= 0.3 is 0 Å². The largest absolute Gasteiger partial charge is 0.481 e. The molecule has 0 fully saturated rings. The number of carbonyl (C=O) groups excluding carboxylic acids is 1. The molecule has 0 aromatic heterocycles. The maximum Gasteiger partial charge on any atom is 0.260 e. The molecule has 2 unspecified atom stereocenters. The lowest BCUT2D eigenvalue weighted by Crippen LogP contribution is -2.38. The van der Waals surface area contributed by atoms with Crippen LogP contribution >= 0.6 is 0 Å². The van der Waals surface area contributed by atoms with Crippen LogP contribution in [-0.4, -0.2) is 25.6 Å². The Morgan fingerprint density at radius 2 is 1.90 bits per heavy atom. The molecule has 2 N–H and O–H groups in total. The Morgan fingerprint density at radius 1 is 1.24 bits per heavy atom. The molecule has 0 saturated carbocycles. The van der Waals surface area contributed by atoms with Crippen molar-refractivity contribution in [1.29, 1.82) is 0 Å². The highest BCUT2D eigenvalue weighted by molar-refractivity contribution is 5.80. The smallest absolute Gasteiger partial charge is 0.260 e. The molecule has 118 valence electrons. The summed E-state index contributed by atoms with van der Waals surface area (Å²) in [6.45, 7) is 8.71. The molecule has 0 aliphatic carbocycles. The van der Waals surface area contributed by atoms with E-state index in [-0.39, 0.29) is 11.9 Å². The molecule has 0 aliphatic heterocycles. The fourth-order valence-corrected chi connectivity index (χ4v) is 2.15. The summed E-state index contributed by atoms with van der Waals surface area (Å²) < 4.78 is 5.87. The van der Waals surface area contributed by atoms with Crippen LogP contribution in [0.2, 0.25) is 0 Å². The van der Waals surface area contributed by atoms with E-state index in [1.165, 1.54) is 0 Å². The summed E-state index contributed by atoms with van der Waals surface area (Å²) in [7, 11) is 1.93. The highest BCUT2D eigenvalue weighted by Crippen LogP contribution is 2.27. The Morgan fingerprint density at radius 3 is 2.48 bits per heavy atom. The van der Waals surface area contributed by atoms with Gasteiger partial charge in [-0.2, -0.15) is 0 Å². The predicted molar refractivity (Wildman–Crippen MR) is 86.5 cm³/mol. The fourth-order valence-electron chi connectivity index (χ4n) is 2.15. The van der Waals surface area contributed by atoms with E-state index in [1.54, 1.807) is 6.92 Å².